The highest BCUT2D eigenvalue weighted by Gasteiger charge is 2.02. The zero-order valence-corrected chi connectivity index (χ0v) is 9.06. The summed E-state index contributed by atoms with van der Waals surface area (Å²) in [6.07, 6.45) is 0. The summed E-state index contributed by atoms with van der Waals surface area (Å²) < 4.78 is 18.4. The number of para-hydroxylation sites is 1. The molecule has 0 N–H and O–H groups in total. The second-order valence-electron chi connectivity index (χ2n) is 3.53. The van der Waals surface area contributed by atoms with E-state index in [1.165, 1.54) is 12.1 Å². The Morgan fingerprint density at radius 3 is 2.71 bits per heavy atom. The van der Waals surface area contributed by atoms with Crippen LogP contribution in [0.4, 0.5) is 4.39 Å². The molecule has 0 radical (unpaired) electrons. The first-order valence-corrected chi connectivity index (χ1v) is 5.16. The van der Waals surface area contributed by atoms with Crippen LogP contribution < -0.4 is 4.74 Å². The monoisotopic (exact) mass is 227 g/mol. The Morgan fingerprint density at radius 1 is 1.12 bits per heavy atom. The molecule has 0 aliphatic carbocycles. The van der Waals surface area contributed by atoms with Crippen molar-refractivity contribution in [2.24, 2.45) is 0 Å². The van der Waals surface area contributed by atoms with Gasteiger partial charge in [-0.3, -0.25) is 0 Å². The predicted molar refractivity (Wildman–Crippen MR) is 61.9 cm³/mol. The lowest BCUT2D eigenvalue weighted by Gasteiger charge is -2.07. The van der Waals surface area contributed by atoms with Gasteiger partial charge in [0.1, 0.15) is 24.2 Å². The summed E-state index contributed by atoms with van der Waals surface area (Å²) in [4.78, 5) is 0. The summed E-state index contributed by atoms with van der Waals surface area (Å²) in [5.74, 6) is 0.221. The van der Waals surface area contributed by atoms with Crippen LogP contribution in [-0.2, 0) is 6.61 Å². The van der Waals surface area contributed by atoms with E-state index in [1.807, 2.05) is 6.07 Å². The van der Waals surface area contributed by atoms with E-state index in [0.29, 0.717) is 11.3 Å². The summed E-state index contributed by atoms with van der Waals surface area (Å²) in [5, 5.41) is 8.87. The summed E-state index contributed by atoms with van der Waals surface area (Å²) in [6, 6.07) is 15.2. The van der Waals surface area contributed by atoms with Gasteiger partial charge < -0.3 is 4.74 Å². The van der Waals surface area contributed by atoms with Gasteiger partial charge >= 0.3 is 0 Å². The Morgan fingerprint density at radius 2 is 1.94 bits per heavy atom. The molecule has 3 heteroatoms. The first kappa shape index (κ1) is 11.2. The van der Waals surface area contributed by atoms with Crippen molar-refractivity contribution < 1.29 is 9.13 Å². The van der Waals surface area contributed by atoms with Gasteiger partial charge in [0.15, 0.2) is 0 Å². The second-order valence-corrected chi connectivity index (χ2v) is 3.53. The fraction of sp³-hybridized carbons (Fsp3) is 0.0714. The smallest absolute Gasteiger partial charge is 0.137 e. The molecule has 0 atom stereocenters. The van der Waals surface area contributed by atoms with E-state index in [1.54, 1.807) is 36.4 Å². The number of benzene rings is 2. The van der Waals surface area contributed by atoms with Crippen LogP contribution in [-0.4, -0.2) is 0 Å². The molecule has 2 rings (SSSR count). The summed E-state index contributed by atoms with van der Waals surface area (Å²) in [5.41, 5.74) is 1.21. The number of nitriles is 1. The van der Waals surface area contributed by atoms with Crippen molar-refractivity contribution in [3.63, 3.8) is 0 Å². The van der Waals surface area contributed by atoms with Crippen LogP contribution in [0.5, 0.6) is 5.75 Å². The molecule has 0 aliphatic heterocycles. The highest BCUT2D eigenvalue weighted by molar-refractivity contribution is 5.42. The maximum atomic E-state index is 12.9. The molecule has 17 heavy (non-hydrogen) atoms. The maximum absolute atomic E-state index is 12.9. The lowest BCUT2D eigenvalue weighted by molar-refractivity contribution is 0.304. The topological polar surface area (TPSA) is 33.0 Å². The third-order valence-corrected chi connectivity index (χ3v) is 2.29. The number of halogens is 1. The number of ether oxygens (including phenoxy) is 1. The van der Waals surface area contributed by atoms with Crippen LogP contribution in [0, 0.1) is 17.1 Å². The quantitative estimate of drug-likeness (QED) is 0.806. The third kappa shape index (κ3) is 2.82. The predicted octanol–water partition coefficient (Wildman–Crippen LogP) is 3.28. The molecule has 0 amide bonds. The minimum absolute atomic E-state index is 0.246. The largest absolute Gasteiger partial charge is 0.488 e. The molecule has 0 aliphatic rings. The van der Waals surface area contributed by atoms with Crippen LogP contribution in [0.25, 0.3) is 0 Å². The van der Waals surface area contributed by atoms with E-state index in [4.69, 9.17) is 10.00 Å². The Kier molecular flexibility index (Phi) is 3.37. The molecule has 0 unspecified atom stereocenters. The molecule has 2 aromatic carbocycles. The first-order valence-electron chi connectivity index (χ1n) is 5.16. The fourth-order valence-corrected chi connectivity index (χ4v) is 1.47. The minimum Gasteiger partial charge on any atom is -0.488 e. The van der Waals surface area contributed by atoms with Gasteiger partial charge in [0.25, 0.3) is 0 Å². The van der Waals surface area contributed by atoms with Gasteiger partial charge in [-0.05, 0) is 29.8 Å². The summed E-state index contributed by atoms with van der Waals surface area (Å²) in [7, 11) is 0. The maximum Gasteiger partial charge on any atom is 0.137 e. The van der Waals surface area contributed by atoms with Gasteiger partial charge in [0.2, 0.25) is 0 Å². The molecule has 2 nitrogen and oxygen atoms in total. The van der Waals surface area contributed by atoms with Gasteiger partial charge in [-0.2, -0.15) is 5.26 Å². The van der Waals surface area contributed by atoms with Crippen molar-refractivity contribution >= 4 is 0 Å². The highest BCUT2D eigenvalue weighted by Crippen LogP contribution is 2.18. The molecule has 84 valence electrons. The van der Waals surface area contributed by atoms with E-state index in [9.17, 15) is 4.39 Å². The van der Waals surface area contributed by atoms with E-state index in [0.717, 1.165) is 5.56 Å². The van der Waals surface area contributed by atoms with Crippen molar-refractivity contribution in [2.45, 2.75) is 6.61 Å². The minimum atomic E-state index is -0.292. The number of hydrogen-bond donors (Lipinski definition) is 0. The SMILES string of the molecule is N#Cc1ccccc1OCc1cccc(F)c1. The normalized spacial score (nSPS) is 9.65. The summed E-state index contributed by atoms with van der Waals surface area (Å²) in [6.45, 7) is 0.246. The molecular formula is C14H10FNO. The van der Waals surface area contributed by atoms with Crippen LogP contribution in [0.3, 0.4) is 0 Å². The molecule has 0 aromatic heterocycles. The molecule has 0 bridgehead atoms. The van der Waals surface area contributed by atoms with Crippen LogP contribution >= 0.6 is 0 Å². The van der Waals surface area contributed by atoms with Crippen molar-refractivity contribution in [3.05, 3.63) is 65.5 Å². The average molecular weight is 227 g/mol. The molecule has 0 heterocycles. The van der Waals surface area contributed by atoms with Crippen LogP contribution in [0.15, 0.2) is 48.5 Å². The van der Waals surface area contributed by atoms with Gasteiger partial charge in [-0.25, -0.2) is 4.39 Å². The zero-order valence-electron chi connectivity index (χ0n) is 9.06. The Labute approximate surface area is 98.9 Å². The highest BCUT2D eigenvalue weighted by atomic mass is 19.1. The Bertz CT molecular complexity index is 560. The van der Waals surface area contributed by atoms with Crippen molar-refractivity contribution in [1.29, 1.82) is 5.26 Å². The lowest BCUT2D eigenvalue weighted by atomic mass is 10.2. The van der Waals surface area contributed by atoms with E-state index in [2.05, 4.69) is 0 Å². The zero-order chi connectivity index (χ0) is 12.1. The standard InChI is InChI=1S/C14H10FNO/c15-13-6-3-4-11(8-13)10-17-14-7-2-1-5-12(14)9-16/h1-8H,10H2. The first-order chi connectivity index (χ1) is 8.29. The molecule has 0 fully saturated rings. The van der Waals surface area contributed by atoms with Crippen molar-refractivity contribution in [3.8, 4) is 11.8 Å². The number of hydrogen-bond acceptors (Lipinski definition) is 2. The fourth-order valence-electron chi connectivity index (χ4n) is 1.47. The number of rotatable bonds is 3. The van der Waals surface area contributed by atoms with Gasteiger partial charge in [-0.15, -0.1) is 0 Å². The summed E-state index contributed by atoms with van der Waals surface area (Å²) >= 11 is 0. The van der Waals surface area contributed by atoms with Gasteiger partial charge in [-0.1, -0.05) is 24.3 Å². The van der Waals surface area contributed by atoms with Crippen molar-refractivity contribution in [1.82, 2.24) is 0 Å². The van der Waals surface area contributed by atoms with Crippen LogP contribution in [0.2, 0.25) is 0 Å². The molecule has 0 spiro atoms. The van der Waals surface area contributed by atoms with Crippen molar-refractivity contribution in [2.75, 3.05) is 0 Å². The van der Waals surface area contributed by atoms with E-state index >= 15 is 0 Å². The Hall–Kier alpha value is -2.34. The molecule has 0 saturated heterocycles. The molecular weight excluding hydrogens is 217 g/mol. The molecule has 2 aromatic rings. The van der Waals surface area contributed by atoms with E-state index < -0.39 is 0 Å². The lowest BCUT2D eigenvalue weighted by Crippen LogP contribution is -1.97. The number of nitrogens with zero attached hydrogens (tertiary/aromatic N) is 1. The average Bonchev–Trinajstić information content (AvgIpc) is 2.37. The second kappa shape index (κ2) is 5.13. The molecule has 0 saturated carbocycles. The van der Waals surface area contributed by atoms with Crippen LogP contribution in [0.1, 0.15) is 11.1 Å². The van der Waals surface area contributed by atoms with E-state index in [-0.39, 0.29) is 12.4 Å². The van der Waals surface area contributed by atoms with Gasteiger partial charge in [0.05, 0.1) is 5.56 Å². The third-order valence-electron chi connectivity index (χ3n) is 2.29. The Balaban J connectivity index is 2.10. The van der Waals surface area contributed by atoms with Gasteiger partial charge in [0, 0.05) is 0 Å².